The Labute approximate surface area is 240 Å². The van der Waals surface area contributed by atoms with E-state index in [0.717, 1.165) is 18.7 Å². The maximum absolute atomic E-state index is 13.4. The van der Waals surface area contributed by atoms with Crippen LogP contribution in [0.4, 0.5) is 5.69 Å². The lowest BCUT2D eigenvalue weighted by molar-refractivity contribution is 0.0600. The van der Waals surface area contributed by atoms with Crippen molar-refractivity contribution < 1.29 is 19.4 Å². The number of fused-ring (bicyclic) bond motifs is 1. The number of rotatable bonds is 11. The quantitative estimate of drug-likeness (QED) is 0.210. The van der Waals surface area contributed by atoms with Crippen molar-refractivity contribution in [2.24, 2.45) is 4.99 Å². The Morgan fingerprint density at radius 1 is 0.805 bits per heavy atom. The topological polar surface area (TPSA) is 101 Å². The molecule has 3 aromatic carbocycles. The third kappa shape index (κ3) is 7.19. The van der Waals surface area contributed by atoms with E-state index in [4.69, 9.17) is 9.73 Å². The van der Waals surface area contributed by atoms with Gasteiger partial charge in [0.1, 0.15) is 0 Å². The molecule has 2 N–H and O–H groups in total. The van der Waals surface area contributed by atoms with Crippen molar-refractivity contribution in [1.29, 1.82) is 0 Å². The van der Waals surface area contributed by atoms with Crippen LogP contribution in [0.25, 0.3) is 10.9 Å². The molecule has 0 bridgehead atoms. The van der Waals surface area contributed by atoms with Crippen molar-refractivity contribution in [3.8, 4) is 5.88 Å². The van der Waals surface area contributed by atoms with Gasteiger partial charge in [-0.2, -0.15) is 0 Å². The molecule has 0 unspecified atom stereocenters. The van der Waals surface area contributed by atoms with E-state index >= 15 is 0 Å². The highest BCUT2D eigenvalue weighted by Crippen LogP contribution is 2.32. The Bertz CT molecular complexity index is 1510. The maximum Gasteiger partial charge on any atom is 0.337 e. The van der Waals surface area contributed by atoms with E-state index < -0.39 is 5.97 Å². The molecule has 4 rings (SSSR count). The summed E-state index contributed by atoms with van der Waals surface area (Å²) in [6.45, 7) is 2.82. The third-order valence-corrected chi connectivity index (χ3v) is 6.76. The maximum atomic E-state index is 13.4. The largest absolute Gasteiger partial charge is 0.494 e. The van der Waals surface area contributed by atoms with Crippen LogP contribution >= 0.6 is 0 Å². The van der Waals surface area contributed by atoms with Crippen molar-refractivity contribution in [2.75, 3.05) is 61.5 Å². The van der Waals surface area contributed by atoms with Crippen molar-refractivity contribution in [3.05, 3.63) is 95.1 Å². The molecule has 41 heavy (non-hydrogen) atoms. The number of hydrogen-bond acceptors (Lipinski definition) is 7. The van der Waals surface area contributed by atoms with Crippen LogP contribution in [0.2, 0.25) is 0 Å². The van der Waals surface area contributed by atoms with Gasteiger partial charge >= 0.3 is 5.97 Å². The number of likely N-dealkylation sites (N-methyl/N-ethyl adjacent to an activating group) is 2. The number of benzene rings is 3. The average molecular weight is 556 g/mol. The van der Waals surface area contributed by atoms with Crippen LogP contribution in [-0.4, -0.2) is 104 Å². The molecule has 0 saturated carbocycles. The van der Waals surface area contributed by atoms with Gasteiger partial charge in [-0.15, -0.1) is 0 Å². The molecule has 0 spiro atoms. The number of aromatic hydroxyl groups is 1. The van der Waals surface area contributed by atoms with Gasteiger partial charge in [0.25, 0.3) is 5.91 Å². The predicted molar refractivity (Wildman–Crippen MR) is 162 cm³/mol. The van der Waals surface area contributed by atoms with Gasteiger partial charge in [-0.3, -0.25) is 4.79 Å². The first-order valence-corrected chi connectivity index (χ1v) is 13.4. The summed E-state index contributed by atoms with van der Waals surface area (Å²) in [6, 6.07) is 21.9. The van der Waals surface area contributed by atoms with Gasteiger partial charge in [0, 0.05) is 48.2 Å². The Morgan fingerprint density at radius 3 is 2.00 bits per heavy atom. The van der Waals surface area contributed by atoms with E-state index in [1.54, 1.807) is 30.3 Å². The zero-order valence-corrected chi connectivity index (χ0v) is 24.2. The lowest BCUT2D eigenvalue weighted by Gasteiger charge is -2.26. The summed E-state index contributed by atoms with van der Waals surface area (Å²) < 4.78 is 4.84. The molecule has 1 aromatic heterocycles. The van der Waals surface area contributed by atoms with Crippen LogP contribution in [0, 0.1) is 0 Å². The molecule has 9 nitrogen and oxygen atoms in total. The highest BCUT2D eigenvalue weighted by atomic mass is 16.5. The molecule has 0 aliphatic carbocycles. The SMILES string of the molecule is COC(=O)c1ccc2c(C(=Nc3ccc(C(=O)N(CCN(C)C)CCN(C)C)cc3)c3ccccc3)c(O)[nH]c2c1. The van der Waals surface area contributed by atoms with E-state index in [1.165, 1.54) is 7.11 Å². The zero-order valence-electron chi connectivity index (χ0n) is 24.2. The average Bonchev–Trinajstić information content (AvgIpc) is 3.30. The molecule has 1 heterocycles. The second-order valence-electron chi connectivity index (χ2n) is 10.4. The van der Waals surface area contributed by atoms with Gasteiger partial charge in [0.05, 0.1) is 29.6 Å². The van der Waals surface area contributed by atoms with Gasteiger partial charge < -0.3 is 29.5 Å². The molecule has 0 radical (unpaired) electrons. The summed E-state index contributed by atoms with van der Waals surface area (Å²) in [5, 5.41) is 11.7. The van der Waals surface area contributed by atoms with Crippen molar-refractivity contribution in [3.63, 3.8) is 0 Å². The molecule has 214 valence electrons. The molecule has 0 saturated heterocycles. The van der Waals surface area contributed by atoms with Crippen molar-refractivity contribution in [2.45, 2.75) is 0 Å². The number of carbonyl (C=O) groups is 2. The minimum absolute atomic E-state index is 0.0248. The number of methoxy groups -OCH3 is 1. The number of ether oxygens (including phenoxy) is 1. The standard InChI is InChI=1S/C32H37N5O4/c1-35(2)17-19-37(20-18-36(3)4)31(39)23-11-14-25(15-12-23)33-29(22-9-7-6-8-10-22)28-26-16-13-24(32(40)41-5)21-27(26)34-30(28)38/h6-16,21,34,38H,17-20H2,1-5H3. The summed E-state index contributed by atoms with van der Waals surface area (Å²) in [5.74, 6) is -0.548. The van der Waals surface area contributed by atoms with Crippen molar-refractivity contribution in [1.82, 2.24) is 19.7 Å². The molecule has 1 amide bonds. The van der Waals surface area contributed by atoms with Gasteiger partial charge in [0.2, 0.25) is 0 Å². The molecule has 0 aliphatic heterocycles. The molecule has 0 atom stereocenters. The first-order valence-electron chi connectivity index (χ1n) is 13.4. The van der Waals surface area contributed by atoms with Crippen LogP contribution in [0.3, 0.4) is 0 Å². The van der Waals surface area contributed by atoms with Crippen LogP contribution < -0.4 is 0 Å². The van der Waals surface area contributed by atoms with Crippen LogP contribution in [0.1, 0.15) is 31.8 Å². The predicted octanol–water partition coefficient (Wildman–Crippen LogP) is 4.39. The van der Waals surface area contributed by atoms with E-state index in [0.29, 0.717) is 52.1 Å². The Balaban J connectivity index is 1.70. The number of nitrogens with one attached hydrogen (secondary N) is 1. The number of carbonyl (C=O) groups excluding carboxylic acids is 2. The van der Waals surface area contributed by atoms with Crippen LogP contribution in [0.5, 0.6) is 5.88 Å². The van der Waals surface area contributed by atoms with Gasteiger partial charge in [0.15, 0.2) is 5.88 Å². The van der Waals surface area contributed by atoms with E-state index in [2.05, 4.69) is 14.8 Å². The number of H-pyrrole nitrogens is 1. The minimum atomic E-state index is -0.462. The Hall–Kier alpha value is -4.47. The Morgan fingerprint density at radius 2 is 1.41 bits per heavy atom. The first-order chi connectivity index (χ1) is 19.7. The number of nitrogens with zero attached hydrogens (tertiary/aromatic N) is 4. The van der Waals surface area contributed by atoms with E-state index in [9.17, 15) is 14.7 Å². The number of aliphatic imine (C=N–C) groups is 1. The third-order valence-electron chi connectivity index (χ3n) is 6.76. The smallest absolute Gasteiger partial charge is 0.337 e. The molecule has 0 fully saturated rings. The molecule has 0 aliphatic rings. The molecular weight excluding hydrogens is 518 g/mol. The fraction of sp³-hybridized carbons (Fsp3) is 0.281. The molecular formula is C32H37N5O4. The first kappa shape index (κ1) is 29.5. The fourth-order valence-corrected chi connectivity index (χ4v) is 4.48. The van der Waals surface area contributed by atoms with Crippen molar-refractivity contribution >= 4 is 34.2 Å². The lowest BCUT2D eigenvalue weighted by Crippen LogP contribution is -2.40. The highest BCUT2D eigenvalue weighted by molar-refractivity contribution is 6.22. The molecule has 9 heteroatoms. The van der Waals surface area contributed by atoms with Gasteiger partial charge in [-0.25, -0.2) is 9.79 Å². The monoisotopic (exact) mass is 555 g/mol. The number of hydrogen-bond donors (Lipinski definition) is 2. The number of aromatic amines is 1. The van der Waals surface area contributed by atoms with Crippen LogP contribution in [-0.2, 0) is 4.74 Å². The summed E-state index contributed by atoms with van der Waals surface area (Å²) >= 11 is 0. The normalized spacial score (nSPS) is 11.8. The summed E-state index contributed by atoms with van der Waals surface area (Å²) in [7, 11) is 9.31. The van der Waals surface area contributed by atoms with E-state index in [1.807, 2.05) is 75.6 Å². The minimum Gasteiger partial charge on any atom is -0.494 e. The van der Waals surface area contributed by atoms with Gasteiger partial charge in [-0.1, -0.05) is 36.4 Å². The number of aromatic nitrogens is 1. The Kier molecular flexibility index (Phi) is 9.54. The second kappa shape index (κ2) is 13.3. The summed E-state index contributed by atoms with van der Waals surface area (Å²) in [5.41, 5.74) is 4.05. The highest BCUT2D eigenvalue weighted by Gasteiger charge is 2.21. The number of amides is 1. The van der Waals surface area contributed by atoms with Crippen LogP contribution in [0.15, 0.2) is 77.8 Å². The second-order valence-corrected chi connectivity index (χ2v) is 10.4. The van der Waals surface area contributed by atoms with E-state index in [-0.39, 0.29) is 11.8 Å². The fourth-order valence-electron chi connectivity index (χ4n) is 4.48. The molecule has 4 aromatic rings. The summed E-state index contributed by atoms with van der Waals surface area (Å²) in [6.07, 6.45) is 0. The lowest BCUT2D eigenvalue weighted by atomic mass is 10.00. The zero-order chi connectivity index (χ0) is 29.5. The summed E-state index contributed by atoms with van der Waals surface area (Å²) in [4.78, 5) is 39.3. The van der Waals surface area contributed by atoms with Gasteiger partial charge in [-0.05, 0) is 64.6 Å². The number of esters is 1.